The Bertz CT molecular complexity index is 1500. The first kappa shape index (κ1) is 24.9. The van der Waals surface area contributed by atoms with Gasteiger partial charge in [0, 0.05) is 22.2 Å². The first-order valence-electron chi connectivity index (χ1n) is 11.8. The van der Waals surface area contributed by atoms with E-state index in [2.05, 4.69) is 10.6 Å². The third-order valence-corrected chi connectivity index (χ3v) is 7.28. The quantitative estimate of drug-likeness (QED) is 0.266. The molecular formula is C28H26ClN5O2S. The van der Waals surface area contributed by atoms with Gasteiger partial charge in [-0.25, -0.2) is 4.68 Å². The largest absolute Gasteiger partial charge is 0.497 e. The number of benzene rings is 3. The highest BCUT2D eigenvalue weighted by molar-refractivity contribution is 7.98. The fourth-order valence-electron chi connectivity index (χ4n) is 4.28. The second kappa shape index (κ2) is 10.7. The van der Waals surface area contributed by atoms with Crippen molar-refractivity contribution in [2.24, 2.45) is 0 Å². The molecule has 0 bridgehead atoms. The van der Waals surface area contributed by atoms with E-state index in [9.17, 15) is 4.79 Å². The van der Waals surface area contributed by atoms with Gasteiger partial charge in [-0.05, 0) is 60.9 Å². The van der Waals surface area contributed by atoms with Crippen LogP contribution in [0.25, 0.3) is 0 Å². The minimum Gasteiger partial charge on any atom is -0.497 e. The number of anilines is 2. The fraction of sp³-hybridized carbons (Fsp3) is 0.179. The zero-order valence-corrected chi connectivity index (χ0v) is 22.2. The molecule has 0 unspecified atom stereocenters. The summed E-state index contributed by atoms with van der Waals surface area (Å²) in [5.74, 6) is 1.84. The number of para-hydroxylation sites is 1. The summed E-state index contributed by atoms with van der Waals surface area (Å²) in [6.45, 7) is 3.84. The number of rotatable bonds is 7. The van der Waals surface area contributed by atoms with E-state index in [1.165, 1.54) is 11.8 Å². The Kier molecular flexibility index (Phi) is 7.21. The number of fused-ring (bicyclic) bond motifs is 1. The van der Waals surface area contributed by atoms with Gasteiger partial charge in [-0.2, -0.15) is 4.98 Å². The molecule has 1 aromatic heterocycles. The van der Waals surface area contributed by atoms with Gasteiger partial charge in [-0.1, -0.05) is 65.8 Å². The summed E-state index contributed by atoms with van der Waals surface area (Å²) in [4.78, 5) is 18.4. The van der Waals surface area contributed by atoms with E-state index in [0.29, 0.717) is 33.2 Å². The third kappa shape index (κ3) is 5.35. The van der Waals surface area contributed by atoms with Crippen LogP contribution in [0.4, 0.5) is 11.6 Å². The molecule has 2 N–H and O–H groups in total. The number of halogens is 1. The maximum atomic E-state index is 13.7. The lowest BCUT2D eigenvalue weighted by molar-refractivity contribution is -0.113. The molecule has 0 fully saturated rings. The van der Waals surface area contributed by atoms with Crippen LogP contribution in [-0.2, 0) is 10.5 Å². The molecule has 1 aliphatic heterocycles. The molecule has 5 rings (SSSR count). The number of nitrogens with zero attached hydrogens (tertiary/aromatic N) is 3. The van der Waals surface area contributed by atoms with E-state index >= 15 is 0 Å². The van der Waals surface area contributed by atoms with E-state index in [1.807, 2.05) is 86.6 Å². The lowest BCUT2D eigenvalue weighted by atomic mass is 9.95. The maximum absolute atomic E-state index is 13.7. The van der Waals surface area contributed by atoms with Crippen molar-refractivity contribution in [3.8, 4) is 5.75 Å². The Morgan fingerprint density at radius 1 is 1.11 bits per heavy atom. The van der Waals surface area contributed by atoms with Crippen LogP contribution in [-0.4, -0.2) is 27.8 Å². The lowest BCUT2D eigenvalue weighted by Crippen LogP contribution is -2.31. The Hall–Kier alpha value is -3.75. The van der Waals surface area contributed by atoms with Gasteiger partial charge in [0.25, 0.3) is 5.91 Å². The van der Waals surface area contributed by atoms with Crippen molar-refractivity contribution in [3.63, 3.8) is 0 Å². The molecule has 188 valence electrons. The summed E-state index contributed by atoms with van der Waals surface area (Å²) in [7, 11) is 1.65. The molecule has 1 atom stereocenters. The van der Waals surface area contributed by atoms with Crippen LogP contribution in [0.5, 0.6) is 5.75 Å². The normalized spacial score (nSPS) is 14.6. The summed E-state index contributed by atoms with van der Waals surface area (Å²) < 4.78 is 7.10. The van der Waals surface area contributed by atoms with Crippen LogP contribution in [0.2, 0.25) is 5.02 Å². The number of aryl methyl sites for hydroxylation is 1. The van der Waals surface area contributed by atoms with Crippen LogP contribution >= 0.6 is 23.4 Å². The van der Waals surface area contributed by atoms with E-state index in [0.717, 1.165) is 28.1 Å². The lowest BCUT2D eigenvalue weighted by Gasteiger charge is -2.29. The van der Waals surface area contributed by atoms with Crippen molar-refractivity contribution in [1.29, 1.82) is 0 Å². The Labute approximate surface area is 224 Å². The van der Waals surface area contributed by atoms with Crippen LogP contribution in [0.3, 0.4) is 0 Å². The van der Waals surface area contributed by atoms with Crippen LogP contribution < -0.4 is 15.4 Å². The van der Waals surface area contributed by atoms with Crippen molar-refractivity contribution >= 4 is 40.9 Å². The molecule has 7 nitrogen and oxygen atoms in total. The Balaban J connectivity index is 1.48. The van der Waals surface area contributed by atoms with Gasteiger partial charge in [-0.3, -0.25) is 4.79 Å². The predicted octanol–water partition coefficient (Wildman–Crippen LogP) is 6.47. The minimum absolute atomic E-state index is 0.212. The van der Waals surface area contributed by atoms with Crippen molar-refractivity contribution < 1.29 is 9.53 Å². The number of ether oxygens (including phenoxy) is 1. The molecule has 2 heterocycles. The first-order valence-corrected chi connectivity index (χ1v) is 13.1. The van der Waals surface area contributed by atoms with Gasteiger partial charge >= 0.3 is 0 Å². The molecule has 0 aliphatic carbocycles. The number of aromatic nitrogens is 3. The summed E-state index contributed by atoms with van der Waals surface area (Å²) in [6, 6.07) is 22.6. The Morgan fingerprint density at radius 3 is 2.70 bits per heavy atom. The smallest absolute Gasteiger partial charge is 0.255 e. The van der Waals surface area contributed by atoms with Crippen molar-refractivity contribution in [2.45, 2.75) is 30.8 Å². The van der Waals surface area contributed by atoms with Crippen molar-refractivity contribution in [2.75, 3.05) is 17.7 Å². The molecule has 3 aromatic carbocycles. The molecule has 0 radical (unpaired) electrons. The van der Waals surface area contributed by atoms with Gasteiger partial charge < -0.3 is 15.4 Å². The zero-order valence-electron chi connectivity index (χ0n) is 20.7. The van der Waals surface area contributed by atoms with E-state index in [-0.39, 0.29) is 5.91 Å². The number of hydrogen-bond acceptors (Lipinski definition) is 6. The molecule has 0 saturated carbocycles. The third-order valence-electron chi connectivity index (χ3n) is 6.14. The highest BCUT2D eigenvalue weighted by atomic mass is 35.5. The summed E-state index contributed by atoms with van der Waals surface area (Å²) in [5, 5.41) is 12.3. The number of amides is 1. The summed E-state index contributed by atoms with van der Waals surface area (Å²) >= 11 is 7.88. The second-order valence-corrected chi connectivity index (χ2v) is 10.1. The monoisotopic (exact) mass is 531 g/mol. The van der Waals surface area contributed by atoms with Gasteiger partial charge in [0.15, 0.2) is 0 Å². The first-order chi connectivity index (χ1) is 17.9. The van der Waals surface area contributed by atoms with Gasteiger partial charge in [-0.15, -0.1) is 5.10 Å². The highest BCUT2D eigenvalue weighted by Crippen LogP contribution is 2.38. The van der Waals surface area contributed by atoms with Crippen molar-refractivity contribution in [3.05, 3.63) is 106 Å². The zero-order chi connectivity index (χ0) is 25.9. The molecule has 37 heavy (non-hydrogen) atoms. The average molecular weight is 532 g/mol. The molecule has 0 saturated heterocycles. The minimum atomic E-state index is -0.502. The van der Waals surface area contributed by atoms with E-state index in [1.54, 1.807) is 11.8 Å². The summed E-state index contributed by atoms with van der Waals surface area (Å²) in [6.07, 6.45) is 0. The summed E-state index contributed by atoms with van der Waals surface area (Å²) in [5.41, 5.74) is 4.95. The average Bonchev–Trinajstić information content (AvgIpc) is 3.30. The standard InChI is InChI=1S/C28H26ClN5O2S/c1-17-8-4-5-13-23(17)31-26(35)24-18(2)30-27-32-28(37-16-19-9-6-12-22(14-19)36-3)33-34(27)25(24)20-10-7-11-21(29)15-20/h4-15,25H,16H2,1-3H3,(H,31,35)(H,30,32,33)/t25-/m1/s1. The fourth-order valence-corrected chi connectivity index (χ4v) is 5.26. The predicted molar refractivity (Wildman–Crippen MR) is 148 cm³/mol. The number of methoxy groups -OCH3 is 1. The van der Waals surface area contributed by atoms with E-state index in [4.69, 9.17) is 26.4 Å². The SMILES string of the molecule is COc1cccc(CSc2nc3n(n2)[C@H](c2cccc(Cl)c2)C(C(=O)Nc2ccccc2C)=C(C)N3)c1. The molecular weight excluding hydrogens is 506 g/mol. The van der Waals surface area contributed by atoms with Crippen LogP contribution in [0.15, 0.2) is 89.2 Å². The molecule has 4 aromatic rings. The van der Waals surface area contributed by atoms with Crippen LogP contribution in [0.1, 0.15) is 29.7 Å². The molecule has 1 aliphatic rings. The number of hydrogen-bond donors (Lipinski definition) is 2. The van der Waals surface area contributed by atoms with E-state index < -0.39 is 6.04 Å². The van der Waals surface area contributed by atoms with Gasteiger partial charge in [0.2, 0.25) is 11.1 Å². The van der Waals surface area contributed by atoms with Crippen LogP contribution in [0, 0.1) is 6.92 Å². The number of nitrogens with one attached hydrogen (secondary N) is 2. The van der Waals surface area contributed by atoms with Crippen molar-refractivity contribution in [1.82, 2.24) is 14.8 Å². The molecule has 1 amide bonds. The number of thioether (sulfide) groups is 1. The number of carbonyl (C=O) groups excluding carboxylic acids is 1. The number of carbonyl (C=O) groups is 1. The molecule has 9 heteroatoms. The highest BCUT2D eigenvalue weighted by Gasteiger charge is 2.34. The van der Waals surface area contributed by atoms with Gasteiger partial charge in [0.1, 0.15) is 11.8 Å². The maximum Gasteiger partial charge on any atom is 0.255 e. The number of allylic oxidation sites excluding steroid dienone is 1. The topological polar surface area (TPSA) is 81.1 Å². The molecule has 0 spiro atoms. The Morgan fingerprint density at radius 2 is 1.92 bits per heavy atom. The second-order valence-electron chi connectivity index (χ2n) is 8.69. The van der Waals surface area contributed by atoms with Gasteiger partial charge in [0.05, 0.1) is 12.7 Å².